The molecule has 0 bridgehead atoms. The monoisotopic (exact) mass is 424 g/mol. The van der Waals surface area contributed by atoms with Gasteiger partial charge in [0.1, 0.15) is 0 Å². The number of allylic oxidation sites excluding steroid dienone is 2. The number of ketones is 2. The van der Waals surface area contributed by atoms with E-state index in [1.165, 1.54) is 5.56 Å². The Hall–Kier alpha value is -3.00. The first kappa shape index (κ1) is 22.2. The Kier molecular flexibility index (Phi) is 5.45. The maximum Gasteiger partial charge on any atom is 0.195 e. The molecule has 3 aliphatic carbocycles. The number of hydrogen-bond acceptors (Lipinski definition) is 2. The highest BCUT2D eigenvalue weighted by Crippen LogP contribution is 2.44. The molecule has 0 aromatic heterocycles. The Balaban J connectivity index is 2.02. The second kappa shape index (κ2) is 7.85. The van der Waals surface area contributed by atoms with Crippen molar-refractivity contribution in [1.82, 2.24) is 0 Å². The van der Waals surface area contributed by atoms with Crippen molar-refractivity contribution < 1.29 is 9.59 Å². The van der Waals surface area contributed by atoms with Gasteiger partial charge in [0.25, 0.3) is 0 Å². The molecule has 3 aliphatic rings. The van der Waals surface area contributed by atoms with E-state index in [-0.39, 0.29) is 17.5 Å². The molecule has 4 rings (SSSR count). The smallest absolute Gasteiger partial charge is 0.195 e. The number of fused-ring (bicyclic) bond motifs is 2. The van der Waals surface area contributed by atoms with Gasteiger partial charge in [-0.1, -0.05) is 64.1 Å². The standard InChI is InChI=1S/C30H32O2/c1-15(2)21-11-9-17(5)25-23(14-21)19(7)13-24(25)27-20(8)29(31)28-22(16(3)4)12-10-18(6)26(28)30(27)32/h9-16H,1-8H3. The fourth-order valence-electron chi connectivity index (χ4n) is 5.06. The summed E-state index contributed by atoms with van der Waals surface area (Å²) < 4.78 is 0. The highest BCUT2D eigenvalue weighted by molar-refractivity contribution is 6.42. The third-order valence-electron chi connectivity index (χ3n) is 6.96. The Morgan fingerprint density at radius 1 is 0.594 bits per heavy atom. The van der Waals surface area contributed by atoms with E-state index in [0.717, 1.165) is 38.9 Å². The zero-order chi connectivity index (χ0) is 23.5. The van der Waals surface area contributed by atoms with Crippen molar-refractivity contribution in [3.05, 3.63) is 86.5 Å². The average molecular weight is 425 g/mol. The Bertz CT molecular complexity index is 1280. The maximum atomic E-state index is 14.0. The average Bonchev–Trinajstić information content (AvgIpc) is 2.92. The number of Topliss-reactive ketones (excluding diaryl/α,β-unsaturated/α-hetero) is 2. The minimum absolute atomic E-state index is 0.0187. The third kappa shape index (κ3) is 3.24. The van der Waals surface area contributed by atoms with Gasteiger partial charge in [0, 0.05) is 22.3 Å². The lowest BCUT2D eigenvalue weighted by molar-refractivity contribution is 0.0990. The number of carbonyl (C=O) groups excluding carboxylic acids is 2. The van der Waals surface area contributed by atoms with Gasteiger partial charge >= 0.3 is 0 Å². The van der Waals surface area contributed by atoms with Crippen LogP contribution in [0.5, 0.6) is 0 Å². The molecule has 0 fully saturated rings. The summed E-state index contributed by atoms with van der Waals surface area (Å²) in [6.07, 6.45) is 0. The molecule has 1 aromatic carbocycles. The van der Waals surface area contributed by atoms with Crippen molar-refractivity contribution in [3.8, 4) is 11.1 Å². The second-order valence-electron chi connectivity index (χ2n) is 9.88. The van der Waals surface area contributed by atoms with E-state index in [2.05, 4.69) is 65.8 Å². The van der Waals surface area contributed by atoms with Gasteiger partial charge in [-0.2, -0.15) is 0 Å². The largest absolute Gasteiger partial charge is 0.289 e. The van der Waals surface area contributed by atoms with Crippen LogP contribution >= 0.6 is 0 Å². The summed E-state index contributed by atoms with van der Waals surface area (Å²) in [5.74, 6) is 0.535. The van der Waals surface area contributed by atoms with E-state index in [1.807, 2.05) is 26.0 Å². The van der Waals surface area contributed by atoms with E-state index in [9.17, 15) is 9.59 Å². The first-order chi connectivity index (χ1) is 15.0. The molecule has 1 aromatic rings. The first-order valence-corrected chi connectivity index (χ1v) is 11.5. The fraction of sp³-hybridized carbons (Fsp3) is 0.333. The van der Waals surface area contributed by atoms with Gasteiger partial charge < -0.3 is 0 Å². The van der Waals surface area contributed by atoms with Crippen LogP contribution in [-0.2, 0) is 0 Å². The van der Waals surface area contributed by atoms with Gasteiger partial charge in [-0.15, -0.1) is 0 Å². The molecule has 2 heteroatoms. The molecule has 0 atom stereocenters. The van der Waals surface area contributed by atoms with Crippen molar-refractivity contribution in [3.63, 3.8) is 0 Å². The molecule has 2 nitrogen and oxygen atoms in total. The zero-order valence-corrected chi connectivity index (χ0v) is 20.4. The fourth-order valence-corrected chi connectivity index (χ4v) is 5.06. The second-order valence-corrected chi connectivity index (χ2v) is 9.88. The minimum Gasteiger partial charge on any atom is -0.289 e. The summed E-state index contributed by atoms with van der Waals surface area (Å²) >= 11 is 0. The highest BCUT2D eigenvalue weighted by atomic mass is 16.1. The van der Waals surface area contributed by atoms with Crippen molar-refractivity contribution >= 4 is 17.1 Å². The van der Waals surface area contributed by atoms with Crippen LogP contribution in [0.4, 0.5) is 0 Å². The molecule has 32 heavy (non-hydrogen) atoms. The van der Waals surface area contributed by atoms with Crippen LogP contribution in [-0.4, -0.2) is 11.6 Å². The molecule has 164 valence electrons. The van der Waals surface area contributed by atoms with Crippen molar-refractivity contribution in [2.24, 2.45) is 0 Å². The van der Waals surface area contributed by atoms with E-state index in [4.69, 9.17) is 0 Å². The van der Waals surface area contributed by atoms with Gasteiger partial charge in [-0.05, 0) is 84.0 Å². The molecule has 0 heterocycles. The SMILES string of the molecule is CC1=C(c2cc(C)c3cc(C(C)C)ccc(C)c2-3)C(=O)c2c(C)ccc(C(C)C)c2C1=O. The van der Waals surface area contributed by atoms with Crippen molar-refractivity contribution in [1.29, 1.82) is 0 Å². The van der Waals surface area contributed by atoms with Gasteiger partial charge in [-0.3, -0.25) is 9.59 Å². The molecule has 0 unspecified atom stereocenters. The van der Waals surface area contributed by atoms with E-state index in [0.29, 0.717) is 28.2 Å². The number of rotatable bonds is 3. The Morgan fingerprint density at radius 2 is 1.22 bits per heavy atom. The lowest BCUT2D eigenvalue weighted by Gasteiger charge is -2.25. The van der Waals surface area contributed by atoms with Crippen LogP contribution in [0.3, 0.4) is 0 Å². The van der Waals surface area contributed by atoms with Gasteiger partial charge in [-0.25, -0.2) is 0 Å². The maximum absolute atomic E-state index is 14.0. The van der Waals surface area contributed by atoms with Crippen molar-refractivity contribution in [2.45, 2.75) is 67.2 Å². The lowest BCUT2D eigenvalue weighted by Crippen LogP contribution is -2.23. The highest BCUT2D eigenvalue weighted by Gasteiger charge is 2.36. The summed E-state index contributed by atoms with van der Waals surface area (Å²) in [7, 11) is 0. The number of hydrogen-bond donors (Lipinski definition) is 0. The first-order valence-electron chi connectivity index (χ1n) is 11.5. The molecule has 0 N–H and O–H groups in total. The molecular formula is C30H32O2. The van der Waals surface area contributed by atoms with Gasteiger partial charge in [0.15, 0.2) is 11.6 Å². The summed E-state index contributed by atoms with van der Waals surface area (Å²) in [5.41, 5.74) is 10.7. The third-order valence-corrected chi connectivity index (χ3v) is 6.96. The predicted molar refractivity (Wildman–Crippen MR) is 133 cm³/mol. The Morgan fingerprint density at radius 3 is 1.84 bits per heavy atom. The normalized spacial score (nSPS) is 14.2. The van der Waals surface area contributed by atoms with Gasteiger partial charge in [0.05, 0.1) is 0 Å². The molecular weight excluding hydrogens is 392 g/mol. The molecule has 0 saturated carbocycles. The number of aryl methyl sites for hydroxylation is 3. The van der Waals surface area contributed by atoms with Crippen LogP contribution in [0.2, 0.25) is 0 Å². The number of benzene rings is 1. The van der Waals surface area contributed by atoms with E-state index in [1.54, 1.807) is 0 Å². The van der Waals surface area contributed by atoms with E-state index < -0.39 is 0 Å². The molecule has 0 amide bonds. The van der Waals surface area contributed by atoms with Crippen LogP contribution in [0.1, 0.15) is 101 Å². The quantitative estimate of drug-likeness (QED) is 0.429. The molecule has 0 spiro atoms. The zero-order valence-electron chi connectivity index (χ0n) is 20.4. The summed E-state index contributed by atoms with van der Waals surface area (Å²) in [5, 5.41) is 0. The van der Waals surface area contributed by atoms with Crippen LogP contribution in [0, 0.1) is 20.8 Å². The number of carbonyl (C=O) groups is 2. The minimum atomic E-state index is -0.0287. The predicted octanol–water partition coefficient (Wildman–Crippen LogP) is 7.82. The summed E-state index contributed by atoms with van der Waals surface area (Å²) in [6.45, 7) is 16.5. The van der Waals surface area contributed by atoms with Gasteiger partial charge in [0.2, 0.25) is 0 Å². The van der Waals surface area contributed by atoms with Crippen LogP contribution in [0.25, 0.3) is 16.7 Å². The lowest BCUT2D eigenvalue weighted by atomic mass is 9.76. The summed E-state index contributed by atoms with van der Waals surface area (Å²) in [6, 6.07) is 12.6. The summed E-state index contributed by atoms with van der Waals surface area (Å²) in [4.78, 5) is 27.6. The molecule has 0 radical (unpaired) electrons. The molecule has 0 saturated heterocycles. The molecule has 0 aliphatic heterocycles. The van der Waals surface area contributed by atoms with Crippen LogP contribution < -0.4 is 0 Å². The van der Waals surface area contributed by atoms with E-state index >= 15 is 0 Å². The topological polar surface area (TPSA) is 34.1 Å². The van der Waals surface area contributed by atoms with Crippen LogP contribution in [0.15, 0.2) is 42.0 Å². The Labute approximate surface area is 191 Å². The van der Waals surface area contributed by atoms with Crippen molar-refractivity contribution in [2.75, 3.05) is 0 Å².